The number of amidine groups is 1. The second-order valence-corrected chi connectivity index (χ2v) is 9.70. The Kier molecular flexibility index (Phi) is 6.16. The molecule has 0 aliphatic carbocycles. The van der Waals surface area contributed by atoms with Crippen molar-refractivity contribution in [2.75, 3.05) is 33.3 Å². The van der Waals surface area contributed by atoms with Crippen LogP contribution >= 0.6 is 11.8 Å². The lowest BCUT2D eigenvalue weighted by Crippen LogP contribution is -2.47. The molecule has 0 bridgehead atoms. The minimum absolute atomic E-state index is 0.0223. The Morgan fingerprint density at radius 3 is 2.58 bits per heavy atom. The maximum atomic E-state index is 13.1. The van der Waals surface area contributed by atoms with Crippen molar-refractivity contribution >= 4 is 40.9 Å². The molecule has 9 heteroatoms. The number of methoxy groups -OCH3 is 1. The van der Waals surface area contributed by atoms with Crippen LogP contribution in [0, 0.1) is 5.92 Å². The van der Waals surface area contributed by atoms with Gasteiger partial charge in [0.15, 0.2) is 11.6 Å². The second-order valence-electron chi connectivity index (χ2n) is 8.69. The number of nitrogens with zero attached hydrogens (tertiary/aromatic N) is 4. The van der Waals surface area contributed by atoms with Crippen molar-refractivity contribution < 1.29 is 19.1 Å². The van der Waals surface area contributed by atoms with E-state index < -0.39 is 0 Å². The molecule has 2 unspecified atom stereocenters. The molecule has 5 rings (SSSR count). The zero-order valence-corrected chi connectivity index (χ0v) is 19.3. The van der Waals surface area contributed by atoms with Gasteiger partial charge in [0.25, 0.3) is 5.91 Å². The van der Waals surface area contributed by atoms with Gasteiger partial charge in [-0.2, -0.15) is 4.99 Å². The van der Waals surface area contributed by atoms with Crippen molar-refractivity contribution in [3.63, 3.8) is 0 Å². The number of carbonyl (C=O) groups excluding carboxylic acids is 3. The number of thioether (sulfide) groups is 1. The van der Waals surface area contributed by atoms with Gasteiger partial charge in [-0.3, -0.25) is 19.3 Å². The van der Waals surface area contributed by atoms with Crippen molar-refractivity contribution in [3.05, 3.63) is 41.3 Å². The molecule has 0 N–H and O–H groups in total. The molecule has 2 fully saturated rings. The Balaban J connectivity index is 1.16. The minimum Gasteiger partial charge on any atom is -0.497 e. The first kappa shape index (κ1) is 22.0. The van der Waals surface area contributed by atoms with Crippen LogP contribution < -0.4 is 4.74 Å². The van der Waals surface area contributed by atoms with Crippen LogP contribution in [-0.4, -0.2) is 83.5 Å². The highest BCUT2D eigenvalue weighted by atomic mass is 32.2. The zero-order valence-electron chi connectivity index (χ0n) is 18.5. The van der Waals surface area contributed by atoms with Crippen LogP contribution in [0.3, 0.4) is 0 Å². The molecule has 8 nitrogen and oxygen atoms in total. The predicted octanol–water partition coefficient (Wildman–Crippen LogP) is 2.20. The molecule has 4 heterocycles. The lowest BCUT2D eigenvalue weighted by Gasteiger charge is -2.34. The van der Waals surface area contributed by atoms with E-state index in [0.29, 0.717) is 17.9 Å². The molecule has 4 aliphatic heterocycles. The fourth-order valence-corrected chi connectivity index (χ4v) is 5.72. The van der Waals surface area contributed by atoms with Crippen molar-refractivity contribution in [2.45, 2.75) is 30.6 Å². The maximum Gasteiger partial charge on any atom is 0.267 e. The van der Waals surface area contributed by atoms with Gasteiger partial charge >= 0.3 is 0 Å². The van der Waals surface area contributed by atoms with Crippen LogP contribution in [0.5, 0.6) is 5.75 Å². The molecule has 0 radical (unpaired) electrons. The molecule has 2 amide bonds. The van der Waals surface area contributed by atoms with Crippen LogP contribution in [0.1, 0.15) is 29.6 Å². The SMILES string of the molecule is COc1ccc(C(=O)C2CCN(C3CCN(CC4=NC(=O)C5SC=CC5=N4)C3=O)CC2)cc1. The Labute approximate surface area is 196 Å². The van der Waals surface area contributed by atoms with Gasteiger partial charge in [-0.15, -0.1) is 11.8 Å². The van der Waals surface area contributed by atoms with Gasteiger partial charge in [0.05, 0.1) is 25.4 Å². The fourth-order valence-electron chi connectivity index (χ4n) is 4.91. The first-order chi connectivity index (χ1) is 16.0. The summed E-state index contributed by atoms with van der Waals surface area (Å²) in [5, 5.41) is 1.54. The Morgan fingerprint density at radius 2 is 1.85 bits per heavy atom. The Morgan fingerprint density at radius 1 is 1.09 bits per heavy atom. The monoisotopic (exact) mass is 466 g/mol. The lowest BCUT2D eigenvalue weighted by molar-refractivity contribution is -0.132. The first-order valence-corrected chi connectivity index (χ1v) is 12.2. The summed E-state index contributed by atoms with van der Waals surface area (Å²) < 4.78 is 5.17. The topological polar surface area (TPSA) is 91.6 Å². The third kappa shape index (κ3) is 4.39. The van der Waals surface area contributed by atoms with E-state index in [-0.39, 0.29) is 41.4 Å². The van der Waals surface area contributed by atoms with Gasteiger partial charge in [0.1, 0.15) is 11.0 Å². The molecule has 4 aliphatic rings. The summed E-state index contributed by atoms with van der Waals surface area (Å²) in [5.41, 5.74) is 1.43. The minimum atomic E-state index is -0.322. The summed E-state index contributed by atoms with van der Waals surface area (Å²) in [6.45, 7) is 2.34. The normalized spacial score (nSPS) is 25.8. The van der Waals surface area contributed by atoms with E-state index in [2.05, 4.69) is 14.9 Å². The van der Waals surface area contributed by atoms with Gasteiger partial charge in [-0.25, -0.2) is 4.99 Å². The molecular formula is C24H26N4O4S. The van der Waals surface area contributed by atoms with Gasteiger partial charge in [0, 0.05) is 18.0 Å². The number of fused-ring (bicyclic) bond motifs is 1. The number of ketones is 1. The summed E-state index contributed by atoms with van der Waals surface area (Å²) in [4.78, 5) is 50.7. The average molecular weight is 467 g/mol. The quantitative estimate of drug-likeness (QED) is 0.597. The van der Waals surface area contributed by atoms with Crippen LogP contribution in [0.15, 0.2) is 45.7 Å². The van der Waals surface area contributed by atoms with Crippen LogP contribution in [0.25, 0.3) is 0 Å². The highest BCUT2D eigenvalue weighted by Crippen LogP contribution is 2.28. The number of benzene rings is 1. The first-order valence-electron chi connectivity index (χ1n) is 11.3. The number of carbonyl (C=O) groups is 3. The van der Waals surface area contributed by atoms with Crippen molar-refractivity contribution in [1.82, 2.24) is 9.80 Å². The number of piperidine rings is 1. The average Bonchev–Trinajstić information content (AvgIpc) is 3.46. The number of Topliss-reactive ketones (excluding diaryl/α,β-unsaturated/α-hetero) is 1. The van der Waals surface area contributed by atoms with Gasteiger partial charge in [0.2, 0.25) is 5.91 Å². The van der Waals surface area contributed by atoms with Gasteiger partial charge in [-0.05, 0) is 68.1 Å². The summed E-state index contributed by atoms with van der Waals surface area (Å²) in [6, 6.07) is 7.08. The number of allylic oxidation sites excluding steroid dienone is 1. The number of hydrogen-bond donors (Lipinski definition) is 0. The standard InChI is InChI=1S/C24H26N4O4S/c1-32-17-4-2-15(3-5-17)21(29)16-6-10-27(11-7-16)19-8-12-28(24(19)31)14-20-25-18-9-13-33-22(18)23(30)26-20/h2-5,9,13,16,19,22H,6-8,10-12,14H2,1H3. The molecule has 1 aromatic rings. The van der Waals surface area contributed by atoms with Gasteiger partial charge in [-0.1, -0.05) is 0 Å². The highest BCUT2D eigenvalue weighted by Gasteiger charge is 2.39. The third-order valence-electron chi connectivity index (χ3n) is 6.76. The van der Waals surface area contributed by atoms with Crippen molar-refractivity contribution in [2.24, 2.45) is 15.9 Å². The number of ether oxygens (including phenoxy) is 1. The molecule has 0 spiro atoms. The summed E-state index contributed by atoms with van der Waals surface area (Å²) >= 11 is 1.42. The third-order valence-corrected chi connectivity index (χ3v) is 7.77. The largest absolute Gasteiger partial charge is 0.497 e. The van der Waals surface area contributed by atoms with E-state index in [1.807, 2.05) is 35.7 Å². The number of likely N-dealkylation sites (tertiary alicyclic amines) is 2. The second kappa shape index (κ2) is 9.23. The molecule has 2 atom stereocenters. The van der Waals surface area contributed by atoms with E-state index in [0.717, 1.165) is 43.8 Å². The van der Waals surface area contributed by atoms with Crippen LogP contribution in [-0.2, 0) is 9.59 Å². The molecule has 33 heavy (non-hydrogen) atoms. The van der Waals surface area contributed by atoms with E-state index >= 15 is 0 Å². The molecule has 1 aromatic carbocycles. The maximum absolute atomic E-state index is 13.1. The van der Waals surface area contributed by atoms with Gasteiger partial charge < -0.3 is 9.64 Å². The molecular weight excluding hydrogens is 440 g/mol. The Hall–Kier alpha value is -2.78. The van der Waals surface area contributed by atoms with E-state index in [1.165, 1.54) is 11.8 Å². The van der Waals surface area contributed by atoms with Crippen LogP contribution in [0.4, 0.5) is 0 Å². The molecule has 0 saturated carbocycles. The molecule has 172 valence electrons. The number of hydrogen-bond acceptors (Lipinski definition) is 7. The number of aliphatic imine (C=N–C) groups is 2. The Bertz CT molecular complexity index is 1060. The summed E-state index contributed by atoms with van der Waals surface area (Å²) in [7, 11) is 1.61. The number of amides is 2. The van der Waals surface area contributed by atoms with E-state index in [9.17, 15) is 14.4 Å². The fraction of sp³-hybridized carbons (Fsp3) is 0.458. The van der Waals surface area contributed by atoms with E-state index in [1.54, 1.807) is 12.0 Å². The van der Waals surface area contributed by atoms with Crippen molar-refractivity contribution in [3.8, 4) is 5.75 Å². The van der Waals surface area contributed by atoms with Crippen molar-refractivity contribution in [1.29, 1.82) is 0 Å². The highest BCUT2D eigenvalue weighted by molar-refractivity contribution is 8.04. The van der Waals surface area contributed by atoms with Crippen LogP contribution in [0.2, 0.25) is 0 Å². The lowest BCUT2D eigenvalue weighted by atomic mass is 9.88. The molecule has 0 aromatic heterocycles. The number of rotatable bonds is 6. The smallest absolute Gasteiger partial charge is 0.267 e. The van der Waals surface area contributed by atoms with E-state index in [4.69, 9.17) is 4.74 Å². The predicted molar refractivity (Wildman–Crippen MR) is 127 cm³/mol. The summed E-state index contributed by atoms with van der Waals surface area (Å²) in [5.74, 6) is 1.15. The summed E-state index contributed by atoms with van der Waals surface area (Å²) in [6.07, 6.45) is 4.07. The molecule has 2 saturated heterocycles. The zero-order chi connectivity index (χ0) is 22.9.